The zero-order valence-corrected chi connectivity index (χ0v) is 12.1. The van der Waals surface area contributed by atoms with Crippen molar-refractivity contribution in [2.75, 3.05) is 11.9 Å². The van der Waals surface area contributed by atoms with Crippen LogP contribution < -0.4 is 10.1 Å². The van der Waals surface area contributed by atoms with Crippen molar-refractivity contribution in [2.45, 2.75) is 46.4 Å². The van der Waals surface area contributed by atoms with E-state index in [1.807, 2.05) is 20.8 Å². The molecule has 1 aromatic heterocycles. The summed E-state index contributed by atoms with van der Waals surface area (Å²) in [6, 6.07) is 1.38. The monoisotopic (exact) mass is 291 g/mol. The lowest BCUT2D eigenvalue weighted by molar-refractivity contribution is -0.145. The van der Waals surface area contributed by atoms with Crippen LogP contribution >= 0.6 is 0 Å². The molecule has 1 unspecified atom stereocenters. The number of halogens is 3. The zero-order chi connectivity index (χ0) is 15.3. The van der Waals surface area contributed by atoms with Gasteiger partial charge >= 0.3 is 6.18 Å². The average molecular weight is 291 g/mol. The largest absolute Gasteiger partial charge is 0.474 e. The van der Waals surface area contributed by atoms with Crippen LogP contribution in [0.15, 0.2) is 6.07 Å². The maximum absolute atomic E-state index is 12.7. The maximum atomic E-state index is 12.7. The Morgan fingerprint density at radius 3 is 2.40 bits per heavy atom. The normalized spacial score (nSPS) is 13.4. The van der Waals surface area contributed by atoms with Gasteiger partial charge in [-0.15, -0.1) is 0 Å². The second-order valence-electron chi connectivity index (χ2n) is 5.00. The third-order valence-corrected chi connectivity index (χ3v) is 2.44. The maximum Gasteiger partial charge on any atom is 0.451 e. The summed E-state index contributed by atoms with van der Waals surface area (Å²) in [5.74, 6) is -0.747. The molecule has 0 aliphatic carbocycles. The van der Waals surface area contributed by atoms with E-state index in [4.69, 9.17) is 4.74 Å². The molecule has 0 saturated heterocycles. The van der Waals surface area contributed by atoms with Gasteiger partial charge in [-0.1, -0.05) is 13.8 Å². The summed E-state index contributed by atoms with van der Waals surface area (Å²) in [6.45, 7) is 8.09. The Morgan fingerprint density at radius 2 is 1.90 bits per heavy atom. The first kappa shape index (κ1) is 16.5. The van der Waals surface area contributed by atoms with E-state index in [1.54, 1.807) is 6.92 Å². The molecule has 20 heavy (non-hydrogen) atoms. The van der Waals surface area contributed by atoms with Crippen LogP contribution in [0.1, 0.15) is 39.9 Å². The molecular formula is C13H20F3N3O. The summed E-state index contributed by atoms with van der Waals surface area (Å²) < 4.78 is 43.6. The number of hydrogen-bond donors (Lipinski definition) is 1. The summed E-state index contributed by atoms with van der Waals surface area (Å²) in [5, 5.41) is 2.74. The molecule has 1 N–H and O–H groups in total. The van der Waals surface area contributed by atoms with Crippen LogP contribution in [-0.4, -0.2) is 22.6 Å². The van der Waals surface area contributed by atoms with Gasteiger partial charge in [0.1, 0.15) is 5.82 Å². The van der Waals surface area contributed by atoms with Crippen molar-refractivity contribution in [1.29, 1.82) is 0 Å². The van der Waals surface area contributed by atoms with Crippen molar-refractivity contribution in [1.82, 2.24) is 9.97 Å². The molecule has 7 heteroatoms. The molecule has 0 saturated carbocycles. The first-order valence-corrected chi connectivity index (χ1v) is 6.59. The van der Waals surface area contributed by atoms with Gasteiger partial charge in [-0.25, -0.2) is 4.98 Å². The van der Waals surface area contributed by atoms with Gasteiger partial charge < -0.3 is 10.1 Å². The third kappa shape index (κ3) is 5.22. The molecule has 4 nitrogen and oxygen atoms in total. The number of nitrogens with zero attached hydrogens (tertiary/aromatic N) is 2. The number of hydrogen-bond acceptors (Lipinski definition) is 4. The minimum absolute atomic E-state index is 0.0589. The molecule has 114 valence electrons. The highest BCUT2D eigenvalue weighted by atomic mass is 19.4. The van der Waals surface area contributed by atoms with Crippen molar-refractivity contribution in [3.8, 4) is 5.88 Å². The highest BCUT2D eigenvalue weighted by molar-refractivity contribution is 5.38. The molecule has 0 spiro atoms. The van der Waals surface area contributed by atoms with Gasteiger partial charge in [0.15, 0.2) is 0 Å². The fourth-order valence-electron chi connectivity index (χ4n) is 1.80. The van der Waals surface area contributed by atoms with Crippen molar-refractivity contribution in [3.63, 3.8) is 0 Å². The summed E-state index contributed by atoms with van der Waals surface area (Å²) in [4.78, 5) is 6.87. The molecule has 1 aromatic rings. The van der Waals surface area contributed by atoms with Crippen LogP contribution in [0.3, 0.4) is 0 Å². The number of rotatable bonds is 6. The van der Waals surface area contributed by atoms with Crippen LogP contribution in [0.25, 0.3) is 0 Å². The molecule has 0 aliphatic rings. The van der Waals surface area contributed by atoms with Crippen LogP contribution in [0.2, 0.25) is 0 Å². The van der Waals surface area contributed by atoms with E-state index in [0.717, 1.165) is 6.42 Å². The average Bonchev–Trinajstić information content (AvgIpc) is 2.26. The minimum Gasteiger partial charge on any atom is -0.474 e. The summed E-state index contributed by atoms with van der Waals surface area (Å²) in [7, 11) is 0. The van der Waals surface area contributed by atoms with Crippen molar-refractivity contribution >= 4 is 5.82 Å². The summed E-state index contributed by atoms with van der Waals surface area (Å²) >= 11 is 0. The molecule has 0 aromatic carbocycles. The van der Waals surface area contributed by atoms with Crippen LogP contribution in [-0.2, 0) is 6.18 Å². The van der Waals surface area contributed by atoms with Gasteiger partial charge in [-0.05, 0) is 26.2 Å². The van der Waals surface area contributed by atoms with Gasteiger partial charge in [0.25, 0.3) is 0 Å². The van der Waals surface area contributed by atoms with Gasteiger partial charge in [0.2, 0.25) is 11.7 Å². The molecule has 1 heterocycles. The molecule has 0 radical (unpaired) electrons. The van der Waals surface area contributed by atoms with Gasteiger partial charge in [0, 0.05) is 12.6 Å². The van der Waals surface area contributed by atoms with Gasteiger partial charge in [-0.2, -0.15) is 18.2 Å². The Morgan fingerprint density at radius 1 is 1.25 bits per heavy atom. The van der Waals surface area contributed by atoms with E-state index >= 15 is 0 Å². The first-order valence-electron chi connectivity index (χ1n) is 6.59. The predicted molar refractivity (Wildman–Crippen MR) is 70.7 cm³/mol. The van der Waals surface area contributed by atoms with Gasteiger partial charge in [0.05, 0.1) is 6.10 Å². The van der Waals surface area contributed by atoms with Crippen molar-refractivity contribution in [3.05, 3.63) is 11.9 Å². The van der Waals surface area contributed by atoms with E-state index in [1.165, 1.54) is 6.07 Å². The van der Waals surface area contributed by atoms with E-state index in [2.05, 4.69) is 15.3 Å². The fraction of sp³-hybridized carbons (Fsp3) is 0.692. The zero-order valence-electron chi connectivity index (χ0n) is 12.1. The van der Waals surface area contributed by atoms with E-state index in [-0.39, 0.29) is 17.8 Å². The van der Waals surface area contributed by atoms with Crippen LogP contribution in [0.4, 0.5) is 19.0 Å². The summed E-state index contributed by atoms with van der Waals surface area (Å²) in [6.07, 6.45) is -4.06. The molecular weight excluding hydrogens is 271 g/mol. The lowest BCUT2D eigenvalue weighted by Crippen LogP contribution is -2.18. The summed E-state index contributed by atoms with van der Waals surface area (Å²) in [5.41, 5.74) is 0. The number of nitrogens with one attached hydrogen (secondary N) is 1. The predicted octanol–water partition coefficient (Wildman–Crippen LogP) is 3.74. The number of aromatic nitrogens is 2. The number of ether oxygens (including phenoxy) is 1. The molecule has 0 bridgehead atoms. The third-order valence-electron chi connectivity index (χ3n) is 2.44. The Bertz CT molecular complexity index is 435. The minimum atomic E-state index is -4.59. The lowest BCUT2D eigenvalue weighted by atomic mass is 10.1. The van der Waals surface area contributed by atoms with Crippen LogP contribution in [0, 0.1) is 5.92 Å². The standard InChI is InChI=1S/C13H20F3N3O/c1-5-17-10-7-11(20-9(4)6-8(2)3)19-12(18-10)13(14,15)16/h7-9H,5-6H2,1-4H3,(H,17,18,19). The molecule has 0 fully saturated rings. The highest BCUT2D eigenvalue weighted by Gasteiger charge is 2.35. The lowest BCUT2D eigenvalue weighted by Gasteiger charge is -2.17. The molecule has 0 aliphatic heterocycles. The van der Waals surface area contributed by atoms with E-state index in [0.29, 0.717) is 12.5 Å². The number of alkyl halides is 3. The number of anilines is 1. The van der Waals surface area contributed by atoms with Crippen molar-refractivity contribution < 1.29 is 17.9 Å². The van der Waals surface area contributed by atoms with E-state index < -0.39 is 12.0 Å². The van der Waals surface area contributed by atoms with Gasteiger partial charge in [-0.3, -0.25) is 0 Å². The molecule has 1 atom stereocenters. The Labute approximate surface area is 116 Å². The molecule has 1 rings (SSSR count). The first-order chi connectivity index (χ1) is 9.22. The Balaban J connectivity index is 2.97. The second-order valence-corrected chi connectivity index (χ2v) is 5.00. The van der Waals surface area contributed by atoms with Crippen molar-refractivity contribution in [2.24, 2.45) is 5.92 Å². The highest BCUT2D eigenvalue weighted by Crippen LogP contribution is 2.29. The van der Waals surface area contributed by atoms with Crippen LogP contribution in [0.5, 0.6) is 5.88 Å². The smallest absolute Gasteiger partial charge is 0.451 e. The second kappa shape index (κ2) is 6.76. The molecule has 0 amide bonds. The topological polar surface area (TPSA) is 47.0 Å². The Kier molecular flexibility index (Phi) is 5.59. The SMILES string of the molecule is CCNc1cc(OC(C)CC(C)C)nc(C(F)(F)F)n1. The fourth-order valence-corrected chi connectivity index (χ4v) is 1.80. The quantitative estimate of drug-likeness (QED) is 0.867. The van der Waals surface area contributed by atoms with E-state index in [9.17, 15) is 13.2 Å². The Hall–Kier alpha value is -1.53.